The Hall–Kier alpha value is -2.52. The molecule has 2 atom stereocenters. The predicted octanol–water partition coefficient (Wildman–Crippen LogP) is 2.08. The number of hydrogen-bond donors (Lipinski definition) is 2. The Morgan fingerprint density at radius 1 is 1.25 bits per heavy atom. The van der Waals surface area contributed by atoms with Crippen LogP contribution in [-0.2, 0) is 20.8 Å². The Labute approximate surface area is 162 Å². The molecule has 1 heterocycles. The van der Waals surface area contributed by atoms with Crippen LogP contribution in [0.2, 0.25) is 0 Å². The molecular formula is C19H24FN3O5. The Kier molecular flexibility index (Phi) is 5.95. The van der Waals surface area contributed by atoms with Crippen LogP contribution in [0.25, 0.3) is 0 Å². The van der Waals surface area contributed by atoms with Crippen LogP contribution >= 0.6 is 0 Å². The molecule has 0 saturated heterocycles. The number of carbonyl (C=O) groups is 1. The molecule has 2 N–H and O–H groups in total. The summed E-state index contributed by atoms with van der Waals surface area (Å²) >= 11 is 0. The topological polar surface area (TPSA) is 103 Å². The Balaban J connectivity index is 1.96. The van der Waals surface area contributed by atoms with Crippen molar-refractivity contribution in [2.45, 2.75) is 45.1 Å². The summed E-state index contributed by atoms with van der Waals surface area (Å²) in [7, 11) is 0. The monoisotopic (exact) mass is 393 g/mol. The quantitative estimate of drug-likeness (QED) is 0.396. The van der Waals surface area contributed by atoms with Gasteiger partial charge in [0.05, 0.1) is 11.0 Å². The number of fused-ring (bicyclic) bond motifs is 2. The Bertz CT molecular complexity index is 774. The summed E-state index contributed by atoms with van der Waals surface area (Å²) < 4.78 is 24.9. The molecule has 8 nitrogen and oxygen atoms in total. The number of hydrogen-bond acceptors (Lipinski definition) is 7. The lowest BCUT2D eigenvalue weighted by Crippen LogP contribution is -2.67. The molecule has 0 amide bonds. The van der Waals surface area contributed by atoms with Crippen molar-refractivity contribution in [2.75, 3.05) is 13.2 Å². The second kappa shape index (κ2) is 8.24. The molecule has 1 saturated carbocycles. The number of rotatable bonds is 8. The number of nitrogens with one attached hydrogen (secondary N) is 2. The van der Waals surface area contributed by atoms with Crippen LogP contribution in [0, 0.1) is 21.8 Å². The second-order valence-corrected chi connectivity index (χ2v) is 6.78. The Morgan fingerprint density at radius 2 is 1.89 bits per heavy atom. The van der Waals surface area contributed by atoms with Crippen LogP contribution in [0.5, 0.6) is 0 Å². The van der Waals surface area contributed by atoms with Crippen molar-refractivity contribution < 1.29 is 23.6 Å². The fourth-order valence-electron chi connectivity index (χ4n) is 3.98. The molecule has 1 aromatic carbocycles. The number of carbonyl (C=O) groups excluding carboxylic acids is 1. The molecule has 1 fully saturated rings. The van der Waals surface area contributed by atoms with Crippen molar-refractivity contribution >= 4 is 5.78 Å². The summed E-state index contributed by atoms with van der Waals surface area (Å²) in [4.78, 5) is 23.6. The van der Waals surface area contributed by atoms with E-state index in [0.717, 1.165) is 5.56 Å². The van der Waals surface area contributed by atoms with Gasteiger partial charge in [-0.25, -0.2) is 4.39 Å². The van der Waals surface area contributed by atoms with Crippen LogP contribution in [-0.4, -0.2) is 35.7 Å². The molecule has 1 aliphatic heterocycles. The Morgan fingerprint density at radius 3 is 2.46 bits per heavy atom. The highest BCUT2D eigenvalue weighted by Crippen LogP contribution is 2.44. The highest BCUT2D eigenvalue weighted by molar-refractivity contribution is 5.81. The van der Waals surface area contributed by atoms with E-state index < -0.39 is 22.7 Å². The first kappa shape index (κ1) is 20.2. The summed E-state index contributed by atoms with van der Waals surface area (Å²) in [5.41, 5.74) is 0.611. The molecule has 1 aromatic rings. The summed E-state index contributed by atoms with van der Waals surface area (Å²) in [5.74, 6) is -2.27. The van der Waals surface area contributed by atoms with E-state index in [1.54, 1.807) is 26.0 Å². The van der Waals surface area contributed by atoms with Gasteiger partial charge in [0.15, 0.2) is 5.82 Å². The third-order valence-electron chi connectivity index (χ3n) is 5.06. The highest BCUT2D eigenvalue weighted by atomic mass is 19.1. The first-order valence-corrected chi connectivity index (χ1v) is 9.34. The molecule has 1 aliphatic carbocycles. The van der Waals surface area contributed by atoms with Crippen molar-refractivity contribution in [1.82, 2.24) is 10.6 Å². The van der Waals surface area contributed by atoms with Gasteiger partial charge in [0.1, 0.15) is 17.5 Å². The summed E-state index contributed by atoms with van der Waals surface area (Å²) in [6.45, 7) is 4.44. The van der Waals surface area contributed by atoms with Crippen LogP contribution in [0.3, 0.4) is 0 Å². The maximum Gasteiger partial charge on any atom is 0.294 e. The van der Waals surface area contributed by atoms with Crippen molar-refractivity contribution in [3.8, 4) is 0 Å². The van der Waals surface area contributed by atoms with Gasteiger partial charge in [-0.05, 0) is 31.5 Å². The zero-order chi connectivity index (χ0) is 20.3. The minimum absolute atomic E-state index is 0.0176. The fourth-order valence-corrected chi connectivity index (χ4v) is 3.98. The van der Waals surface area contributed by atoms with E-state index >= 15 is 0 Å². The van der Waals surface area contributed by atoms with Gasteiger partial charge >= 0.3 is 0 Å². The number of benzene rings is 1. The number of halogens is 1. The molecule has 2 unspecified atom stereocenters. The fraction of sp³-hybridized carbons (Fsp3) is 0.526. The number of nitrogens with zero attached hydrogens (tertiary/aromatic N) is 1. The average Bonchev–Trinajstić information content (AvgIpc) is 2.63. The van der Waals surface area contributed by atoms with E-state index in [9.17, 15) is 19.3 Å². The minimum Gasteiger partial charge on any atom is -0.362 e. The zero-order valence-electron chi connectivity index (χ0n) is 15.9. The van der Waals surface area contributed by atoms with E-state index in [-0.39, 0.29) is 42.5 Å². The summed E-state index contributed by atoms with van der Waals surface area (Å²) in [6, 6.07) is 5.32. The van der Waals surface area contributed by atoms with E-state index in [1.165, 1.54) is 12.1 Å². The van der Waals surface area contributed by atoms with E-state index in [4.69, 9.17) is 9.47 Å². The molecule has 28 heavy (non-hydrogen) atoms. The SMILES string of the molecule is CCOC1(OCC)C2CC(=O)CC1C([N+](=O)[O-])=C(NCc1ccc(F)cc1)N2. The average molecular weight is 393 g/mol. The molecule has 3 rings (SSSR count). The first-order chi connectivity index (χ1) is 13.4. The minimum atomic E-state index is -1.26. The van der Waals surface area contributed by atoms with Gasteiger partial charge in [0, 0.05) is 32.6 Å². The van der Waals surface area contributed by atoms with Crippen LogP contribution in [0.1, 0.15) is 32.3 Å². The highest BCUT2D eigenvalue weighted by Gasteiger charge is 2.61. The predicted molar refractivity (Wildman–Crippen MR) is 97.9 cm³/mol. The summed E-state index contributed by atoms with van der Waals surface area (Å²) in [6.07, 6.45) is 0.138. The van der Waals surface area contributed by atoms with E-state index in [0.29, 0.717) is 13.2 Å². The van der Waals surface area contributed by atoms with Crippen molar-refractivity contribution in [3.05, 3.63) is 57.3 Å². The molecule has 0 spiro atoms. The number of ketones is 1. The largest absolute Gasteiger partial charge is 0.362 e. The zero-order valence-corrected chi connectivity index (χ0v) is 15.9. The van der Waals surface area contributed by atoms with Gasteiger partial charge in [0.2, 0.25) is 5.79 Å². The van der Waals surface area contributed by atoms with Gasteiger partial charge in [-0.15, -0.1) is 0 Å². The maximum atomic E-state index is 13.1. The standard InChI is InChI=1S/C19H24FN3O5/c1-3-27-19(28-4-2)15-9-14(24)10-16(19)22-18(17(15)23(25)26)21-11-12-5-7-13(20)8-6-12/h5-8,15-16,21-22H,3-4,9-11H2,1-2H3. The van der Waals surface area contributed by atoms with Gasteiger partial charge in [-0.2, -0.15) is 0 Å². The van der Waals surface area contributed by atoms with Crippen molar-refractivity contribution in [2.24, 2.45) is 5.92 Å². The van der Waals surface area contributed by atoms with E-state index in [2.05, 4.69) is 10.6 Å². The number of Topliss-reactive ketones (excluding diaryl/α,β-unsaturated/α-hetero) is 1. The van der Waals surface area contributed by atoms with Crippen LogP contribution in [0.4, 0.5) is 4.39 Å². The second-order valence-electron chi connectivity index (χ2n) is 6.78. The molecule has 9 heteroatoms. The first-order valence-electron chi connectivity index (χ1n) is 9.34. The third-order valence-corrected chi connectivity index (χ3v) is 5.06. The normalized spacial score (nSPS) is 23.3. The maximum absolute atomic E-state index is 13.1. The molecule has 2 bridgehead atoms. The van der Waals surface area contributed by atoms with Gasteiger partial charge < -0.3 is 20.1 Å². The molecule has 152 valence electrons. The third kappa shape index (κ3) is 3.72. The lowest BCUT2D eigenvalue weighted by atomic mass is 9.74. The van der Waals surface area contributed by atoms with Crippen LogP contribution < -0.4 is 10.6 Å². The molecule has 0 radical (unpaired) electrons. The van der Waals surface area contributed by atoms with Gasteiger partial charge in [-0.1, -0.05) is 12.1 Å². The smallest absolute Gasteiger partial charge is 0.294 e. The van der Waals surface area contributed by atoms with Crippen molar-refractivity contribution in [3.63, 3.8) is 0 Å². The summed E-state index contributed by atoms with van der Waals surface area (Å²) in [5, 5.41) is 18.0. The van der Waals surface area contributed by atoms with E-state index in [1.807, 2.05) is 0 Å². The number of nitro groups is 1. The number of ether oxygens (including phenoxy) is 2. The lowest BCUT2D eigenvalue weighted by molar-refractivity contribution is -0.452. The van der Waals surface area contributed by atoms with Crippen LogP contribution in [0.15, 0.2) is 35.8 Å². The van der Waals surface area contributed by atoms with Crippen molar-refractivity contribution in [1.29, 1.82) is 0 Å². The molecular weight excluding hydrogens is 369 g/mol. The molecule has 0 aromatic heterocycles. The van der Waals surface area contributed by atoms with Gasteiger partial charge in [-0.3, -0.25) is 14.9 Å². The lowest BCUT2D eigenvalue weighted by Gasteiger charge is -2.49. The molecule has 2 aliphatic rings. The van der Waals surface area contributed by atoms with Gasteiger partial charge in [0.25, 0.3) is 5.70 Å².